The van der Waals surface area contributed by atoms with E-state index in [0.29, 0.717) is 0 Å². The number of hydrogen-bond acceptors (Lipinski definition) is 3. The van der Waals surface area contributed by atoms with E-state index in [2.05, 4.69) is 15.6 Å². The average Bonchev–Trinajstić information content (AvgIpc) is 2.66. The summed E-state index contributed by atoms with van der Waals surface area (Å²) in [6, 6.07) is 7.36. The Morgan fingerprint density at radius 2 is 1.52 bits per heavy atom. The molecule has 0 fully saturated rings. The van der Waals surface area contributed by atoms with E-state index in [1.165, 1.54) is 12.1 Å². The van der Waals surface area contributed by atoms with Crippen molar-refractivity contribution in [3.05, 3.63) is 83.3 Å². The largest absolute Gasteiger partial charge is 0.338 e. The molecule has 3 aromatic rings. The number of pyridine rings is 1. The Kier molecular flexibility index (Phi) is 5.02. The first-order valence-corrected chi connectivity index (χ1v) is 7.48. The summed E-state index contributed by atoms with van der Waals surface area (Å²) in [4.78, 5) is 15.9. The number of benzene rings is 2. The summed E-state index contributed by atoms with van der Waals surface area (Å²) in [7, 11) is 0. The summed E-state index contributed by atoms with van der Waals surface area (Å²) in [5, 5.41) is 4.52. The van der Waals surface area contributed by atoms with E-state index in [0.717, 1.165) is 36.5 Å². The van der Waals surface area contributed by atoms with Crippen LogP contribution in [-0.2, 0) is 0 Å². The smallest absolute Gasteiger partial charge is 0.257 e. The molecule has 3 rings (SSSR count). The molecule has 0 radical (unpaired) electrons. The third kappa shape index (κ3) is 3.86. The van der Waals surface area contributed by atoms with Gasteiger partial charge in [0.05, 0.1) is 11.3 Å². The summed E-state index contributed by atoms with van der Waals surface area (Å²) >= 11 is 0. The number of anilines is 3. The Bertz CT molecular complexity index is 988. The maximum absolute atomic E-state index is 13.6. The van der Waals surface area contributed by atoms with Crippen LogP contribution in [0.1, 0.15) is 10.4 Å². The number of halogens is 5. The van der Waals surface area contributed by atoms with Gasteiger partial charge < -0.3 is 10.6 Å². The van der Waals surface area contributed by atoms with Crippen molar-refractivity contribution in [2.45, 2.75) is 0 Å². The van der Waals surface area contributed by atoms with Gasteiger partial charge in [0.1, 0.15) is 23.1 Å². The van der Waals surface area contributed by atoms with Crippen LogP contribution in [0.4, 0.5) is 39.1 Å². The topological polar surface area (TPSA) is 54.0 Å². The minimum atomic E-state index is -1.64. The predicted molar refractivity (Wildman–Crippen MR) is 88.1 cm³/mol. The molecule has 0 unspecified atom stereocenters. The zero-order chi connectivity index (χ0) is 19.6. The van der Waals surface area contributed by atoms with Crippen molar-refractivity contribution >= 4 is 23.1 Å². The van der Waals surface area contributed by atoms with Gasteiger partial charge in [0.2, 0.25) is 0 Å². The number of nitrogens with zero attached hydrogens (tertiary/aromatic N) is 1. The molecule has 2 N–H and O–H groups in total. The van der Waals surface area contributed by atoms with Crippen LogP contribution >= 0.6 is 0 Å². The molecule has 0 bridgehead atoms. The molecule has 0 saturated heterocycles. The van der Waals surface area contributed by atoms with Crippen LogP contribution in [0.3, 0.4) is 0 Å². The first kappa shape index (κ1) is 18.3. The van der Waals surface area contributed by atoms with Gasteiger partial charge in [0.25, 0.3) is 5.91 Å². The van der Waals surface area contributed by atoms with Crippen molar-refractivity contribution < 1.29 is 26.7 Å². The molecule has 0 saturated carbocycles. The normalized spacial score (nSPS) is 10.6. The first-order chi connectivity index (χ1) is 12.9. The second-order valence-corrected chi connectivity index (χ2v) is 5.33. The summed E-state index contributed by atoms with van der Waals surface area (Å²) in [6.45, 7) is 0. The highest BCUT2D eigenvalue weighted by Crippen LogP contribution is 2.23. The molecule has 138 valence electrons. The Morgan fingerprint density at radius 1 is 0.815 bits per heavy atom. The van der Waals surface area contributed by atoms with Gasteiger partial charge in [-0.05, 0) is 36.4 Å². The molecule has 0 atom stereocenters. The lowest BCUT2D eigenvalue weighted by atomic mass is 10.2. The molecule has 0 spiro atoms. The van der Waals surface area contributed by atoms with Crippen LogP contribution < -0.4 is 10.6 Å². The molecule has 27 heavy (non-hydrogen) atoms. The van der Waals surface area contributed by atoms with Crippen LogP contribution in [0.5, 0.6) is 0 Å². The standard InChI is InChI=1S/C18H10F5N3O/c19-10-5-6-13(16(23)15(10)22)25-14-7-4-9(8-24-14)18(27)26-17-11(20)2-1-3-12(17)21/h1-8H,(H,24,25)(H,26,27). The minimum absolute atomic E-state index is 0.0334. The highest BCUT2D eigenvalue weighted by molar-refractivity contribution is 6.04. The van der Waals surface area contributed by atoms with E-state index in [9.17, 15) is 26.7 Å². The lowest BCUT2D eigenvalue weighted by molar-refractivity contribution is 0.102. The Balaban J connectivity index is 1.75. The van der Waals surface area contributed by atoms with Crippen LogP contribution in [0, 0.1) is 29.1 Å². The van der Waals surface area contributed by atoms with Gasteiger partial charge in [-0.1, -0.05) is 6.07 Å². The van der Waals surface area contributed by atoms with Crippen molar-refractivity contribution in [1.82, 2.24) is 4.98 Å². The third-order valence-electron chi connectivity index (χ3n) is 3.52. The van der Waals surface area contributed by atoms with Crippen molar-refractivity contribution in [3.63, 3.8) is 0 Å². The Morgan fingerprint density at radius 3 is 2.15 bits per heavy atom. The Labute approximate surface area is 149 Å². The summed E-state index contributed by atoms with van der Waals surface area (Å²) in [6.07, 6.45) is 1.06. The molecular weight excluding hydrogens is 369 g/mol. The van der Waals surface area contributed by atoms with Gasteiger partial charge in [-0.3, -0.25) is 4.79 Å². The van der Waals surface area contributed by atoms with E-state index in [4.69, 9.17) is 0 Å². The van der Waals surface area contributed by atoms with Gasteiger partial charge in [-0.15, -0.1) is 0 Å². The van der Waals surface area contributed by atoms with E-state index in [1.54, 1.807) is 0 Å². The SMILES string of the molecule is O=C(Nc1c(F)cccc1F)c1ccc(Nc2ccc(F)c(F)c2F)nc1. The van der Waals surface area contributed by atoms with Crippen LogP contribution in [-0.4, -0.2) is 10.9 Å². The fraction of sp³-hybridized carbons (Fsp3) is 0. The zero-order valence-corrected chi connectivity index (χ0v) is 13.4. The van der Waals surface area contributed by atoms with E-state index in [1.807, 2.05) is 0 Å². The van der Waals surface area contributed by atoms with Crippen molar-refractivity contribution in [2.75, 3.05) is 10.6 Å². The molecule has 2 aromatic carbocycles. The lowest BCUT2D eigenvalue weighted by Gasteiger charge is -2.09. The van der Waals surface area contributed by atoms with E-state index in [-0.39, 0.29) is 17.1 Å². The van der Waals surface area contributed by atoms with Gasteiger partial charge in [0.15, 0.2) is 17.5 Å². The molecule has 9 heteroatoms. The van der Waals surface area contributed by atoms with Crippen LogP contribution in [0.2, 0.25) is 0 Å². The summed E-state index contributed by atoms with van der Waals surface area (Å²) in [5.41, 5.74) is -0.991. The fourth-order valence-corrected chi connectivity index (χ4v) is 2.17. The average molecular weight is 379 g/mol. The van der Waals surface area contributed by atoms with Crippen molar-refractivity contribution in [1.29, 1.82) is 0 Å². The lowest BCUT2D eigenvalue weighted by Crippen LogP contribution is -2.14. The van der Waals surface area contributed by atoms with Gasteiger partial charge in [0, 0.05) is 6.20 Å². The Hall–Kier alpha value is -3.49. The number of aromatic nitrogens is 1. The maximum atomic E-state index is 13.6. The quantitative estimate of drug-likeness (QED) is 0.507. The number of carbonyl (C=O) groups excluding carboxylic acids is 1. The minimum Gasteiger partial charge on any atom is -0.338 e. The van der Waals surface area contributed by atoms with Gasteiger partial charge in [-0.25, -0.2) is 26.9 Å². The number of rotatable bonds is 4. The molecule has 0 aliphatic carbocycles. The van der Waals surface area contributed by atoms with E-state index >= 15 is 0 Å². The van der Waals surface area contributed by atoms with Gasteiger partial charge in [-0.2, -0.15) is 0 Å². The summed E-state index contributed by atoms with van der Waals surface area (Å²) in [5.74, 6) is -7.06. The number of carbonyl (C=O) groups is 1. The van der Waals surface area contributed by atoms with Gasteiger partial charge >= 0.3 is 0 Å². The number of hydrogen-bond donors (Lipinski definition) is 2. The molecule has 1 heterocycles. The highest BCUT2D eigenvalue weighted by atomic mass is 19.2. The maximum Gasteiger partial charge on any atom is 0.257 e. The van der Waals surface area contributed by atoms with E-state index < -0.39 is 40.7 Å². The third-order valence-corrected chi connectivity index (χ3v) is 3.52. The molecule has 1 aromatic heterocycles. The van der Waals surface area contributed by atoms with Crippen LogP contribution in [0.25, 0.3) is 0 Å². The second kappa shape index (κ2) is 7.40. The number of nitrogens with one attached hydrogen (secondary N) is 2. The molecule has 0 aliphatic heterocycles. The first-order valence-electron chi connectivity index (χ1n) is 7.48. The molecular formula is C18H10F5N3O. The molecule has 0 aliphatic rings. The number of para-hydroxylation sites is 1. The van der Waals surface area contributed by atoms with Crippen molar-refractivity contribution in [3.8, 4) is 0 Å². The number of amides is 1. The van der Waals surface area contributed by atoms with Crippen molar-refractivity contribution in [2.24, 2.45) is 0 Å². The second-order valence-electron chi connectivity index (χ2n) is 5.33. The molecule has 4 nitrogen and oxygen atoms in total. The highest BCUT2D eigenvalue weighted by Gasteiger charge is 2.15. The zero-order valence-electron chi connectivity index (χ0n) is 13.4. The predicted octanol–water partition coefficient (Wildman–Crippen LogP) is 4.77. The monoisotopic (exact) mass is 379 g/mol. The molecule has 1 amide bonds. The summed E-state index contributed by atoms with van der Waals surface area (Å²) < 4.78 is 66.9. The van der Waals surface area contributed by atoms with Crippen LogP contribution in [0.15, 0.2) is 48.7 Å². The fourth-order valence-electron chi connectivity index (χ4n) is 2.17.